The van der Waals surface area contributed by atoms with Gasteiger partial charge in [0.15, 0.2) is 0 Å². The fourth-order valence-electron chi connectivity index (χ4n) is 1.30. The van der Waals surface area contributed by atoms with Gasteiger partial charge in [-0.25, -0.2) is 9.59 Å². The fourth-order valence-corrected chi connectivity index (χ4v) is 1.30. The van der Waals surface area contributed by atoms with Gasteiger partial charge in [0.1, 0.15) is 0 Å². The number of ether oxygens (including phenoxy) is 1. The minimum absolute atomic E-state index is 0.0546. The van der Waals surface area contributed by atoms with Crippen molar-refractivity contribution in [2.24, 2.45) is 0 Å². The van der Waals surface area contributed by atoms with Gasteiger partial charge < -0.3 is 9.84 Å². The summed E-state index contributed by atoms with van der Waals surface area (Å²) in [5.41, 5.74) is -0.336. The van der Waals surface area contributed by atoms with Crippen molar-refractivity contribution in [3.8, 4) is 0 Å². The molecule has 0 heterocycles. The minimum atomic E-state index is -1.25. The first-order valence-electron chi connectivity index (χ1n) is 5.14. The van der Waals surface area contributed by atoms with Crippen LogP contribution in [0.3, 0.4) is 0 Å². The standard InChI is InChI=1S/C12H13NO5/c1-13(2)7-10(14)18-12(17)9-6-4-3-5-8(9)11(15)16/h3-6H,7H2,1-2H3,(H,15,16). The molecule has 0 amide bonds. The predicted octanol–water partition coefficient (Wildman–Crippen LogP) is 0.630. The molecule has 0 saturated heterocycles. The number of hydrogen-bond acceptors (Lipinski definition) is 5. The normalized spacial score (nSPS) is 10.2. The van der Waals surface area contributed by atoms with Crippen LogP contribution >= 0.6 is 0 Å². The maximum atomic E-state index is 11.6. The summed E-state index contributed by atoms with van der Waals surface area (Å²) in [6, 6.07) is 5.56. The van der Waals surface area contributed by atoms with Crippen LogP contribution in [0.15, 0.2) is 24.3 Å². The molecule has 0 unspecified atom stereocenters. The van der Waals surface area contributed by atoms with Crippen molar-refractivity contribution in [2.75, 3.05) is 20.6 Å². The van der Waals surface area contributed by atoms with Gasteiger partial charge in [-0.05, 0) is 26.2 Å². The molecule has 0 bridgehead atoms. The van der Waals surface area contributed by atoms with Gasteiger partial charge in [0.05, 0.1) is 17.7 Å². The predicted molar refractivity (Wildman–Crippen MR) is 62.4 cm³/mol. The lowest BCUT2D eigenvalue weighted by molar-refractivity contribution is -0.138. The Morgan fingerprint density at radius 2 is 1.72 bits per heavy atom. The number of carboxylic acids is 1. The molecule has 0 atom stereocenters. The molecule has 0 aliphatic rings. The van der Waals surface area contributed by atoms with Crippen molar-refractivity contribution in [3.05, 3.63) is 35.4 Å². The Balaban J connectivity index is 2.85. The Labute approximate surface area is 104 Å². The van der Waals surface area contributed by atoms with Gasteiger partial charge in [0.25, 0.3) is 0 Å². The van der Waals surface area contributed by atoms with Gasteiger partial charge in [-0.15, -0.1) is 0 Å². The third kappa shape index (κ3) is 3.67. The summed E-state index contributed by atoms with van der Waals surface area (Å²) in [5, 5.41) is 8.89. The smallest absolute Gasteiger partial charge is 0.346 e. The van der Waals surface area contributed by atoms with Gasteiger partial charge in [-0.1, -0.05) is 12.1 Å². The van der Waals surface area contributed by atoms with Crippen LogP contribution in [0.5, 0.6) is 0 Å². The number of carboxylic acid groups (broad SMARTS) is 1. The van der Waals surface area contributed by atoms with Gasteiger partial charge in [-0.3, -0.25) is 9.69 Å². The van der Waals surface area contributed by atoms with Crippen LogP contribution < -0.4 is 0 Å². The highest BCUT2D eigenvalue weighted by Gasteiger charge is 2.19. The molecule has 18 heavy (non-hydrogen) atoms. The van der Waals surface area contributed by atoms with E-state index < -0.39 is 17.9 Å². The number of hydrogen-bond donors (Lipinski definition) is 1. The van der Waals surface area contributed by atoms with Crippen LogP contribution in [0.4, 0.5) is 0 Å². The van der Waals surface area contributed by atoms with Crippen molar-refractivity contribution in [1.82, 2.24) is 4.90 Å². The van der Waals surface area contributed by atoms with Crippen LogP contribution in [0, 0.1) is 0 Å². The molecular formula is C12H13NO5. The highest BCUT2D eigenvalue weighted by molar-refractivity contribution is 6.05. The molecule has 0 aliphatic carbocycles. The topological polar surface area (TPSA) is 83.9 Å². The average molecular weight is 251 g/mol. The van der Waals surface area contributed by atoms with Gasteiger partial charge in [-0.2, -0.15) is 0 Å². The van der Waals surface area contributed by atoms with Crippen molar-refractivity contribution in [1.29, 1.82) is 0 Å². The average Bonchev–Trinajstić information content (AvgIpc) is 2.27. The second-order valence-corrected chi connectivity index (χ2v) is 3.85. The molecule has 0 spiro atoms. The van der Waals surface area contributed by atoms with Crippen LogP contribution in [0.2, 0.25) is 0 Å². The first-order chi connectivity index (χ1) is 8.41. The Kier molecular flexibility index (Phi) is 4.56. The van der Waals surface area contributed by atoms with Crippen LogP contribution in [-0.2, 0) is 9.53 Å². The number of rotatable bonds is 4. The van der Waals surface area contributed by atoms with Crippen molar-refractivity contribution in [3.63, 3.8) is 0 Å². The maximum Gasteiger partial charge on any atom is 0.346 e. The number of benzene rings is 1. The SMILES string of the molecule is CN(C)CC(=O)OC(=O)c1ccccc1C(=O)O. The van der Waals surface area contributed by atoms with Crippen molar-refractivity contribution >= 4 is 17.9 Å². The lowest BCUT2D eigenvalue weighted by Crippen LogP contribution is -2.26. The zero-order chi connectivity index (χ0) is 13.7. The molecule has 0 fully saturated rings. The van der Waals surface area contributed by atoms with E-state index in [1.165, 1.54) is 24.3 Å². The maximum absolute atomic E-state index is 11.6. The quantitative estimate of drug-likeness (QED) is 0.624. The van der Waals surface area contributed by atoms with E-state index in [-0.39, 0.29) is 17.7 Å². The number of esters is 2. The lowest BCUT2D eigenvalue weighted by atomic mass is 10.1. The van der Waals surface area contributed by atoms with E-state index in [1.807, 2.05) is 0 Å². The van der Waals surface area contributed by atoms with Crippen molar-refractivity contribution in [2.45, 2.75) is 0 Å². The zero-order valence-corrected chi connectivity index (χ0v) is 10.0. The number of carbonyl (C=O) groups excluding carboxylic acids is 2. The van der Waals surface area contributed by atoms with Crippen molar-refractivity contribution < 1.29 is 24.2 Å². The summed E-state index contributed by atoms with van der Waals surface area (Å²) in [6.45, 7) is -0.0546. The summed E-state index contributed by atoms with van der Waals surface area (Å²) in [6.07, 6.45) is 0. The molecule has 0 saturated carbocycles. The minimum Gasteiger partial charge on any atom is -0.478 e. The summed E-state index contributed by atoms with van der Waals surface area (Å²) in [7, 11) is 3.30. The number of aromatic carboxylic acids is 1. The molecule has 0 aromatic heterocycles. The third-order valence-corrected chi connectivity index (χ3v) is 2.03. The lowest BCUT2D eigenvalue weighted by Gasteiger charge is -2.09. The molecule has 6 nitrogen and oxygen atoms in total. The fraction of sp³-hybridized carbons (Fsp3) is 0.250. The molecule has 0 aliphatic heterocycles. The first kappa shape index (κ1) is 13.9. The second-order valence-electron chi connectivity index (χ2n) is 3.85. The number of likely N-dealkylation sites (N-methyl/N-ethyl adjacent to an activating group) is 1. The van der Waals surface area contributed by atoms with E-state index in [1.54, 1.807) is 19.0 Å². The monoisotopic (exact) mass is 251 g/mol. The Morgan fingerprint density at radius 3 is 2.22 bits per heavy atom. The van der Waals surface area contributed by atoms with E-state index in [2.05, 4.69) is 4.74 Å². The largest absolute Gasteiger partial charge is 0.478 e. The molecule has 1 N–H and O–H groups in total. The molecule has 6 heteroatoms. The van der Waals surface area contributed by atoms with Gasteiger partial charge >= 0.3 is 17.9 Å². The van der Waals surface area contributed by atoms with Gasteiger partial charge in [0.2, 0.25) is 0 Å². The summed E-state index contributed by atoms with van der Waals surface area (Å²) < 4.78 is 4.56. The Hall–Kier alpha value is -2.21. The van der Waals surface area contributed by atoms with E-state index in [9.17, 15) is 14.4 Å². The van der Waals surface area contributed by atoms with E-state index in [0.717, 1.165) is 0 Å². The van der Waals surface area contributed by atoms with E-state index in [4.69, 9.17) is 5.11 Å². The highest BCUT2D eigenvalue weighted by atomic mass is 16.6. The van der Waals surface area contributed by atoms with Crippen LogP contribution in [0.1, 0.15) is 20.7 Å². The van der Waals surface area contributed by atoms with E-state index in [0.29, 0.717) is 0 Å². The second kappa shape index (κ2) is 5.92. The molecular weight excluding hydrogens is 238 g/mol. The molecule has 96 valence electrons. The van der Waals surface area contributed by atoms with Gasteiger partial charge in [0, 0.05) is 0 Å². The molecule has 0 radical (unpaired) electrons. The third-order valence-electron chi connectivity index (χ3n) is 2.03. The Morgan fingerprint density at radius 1 is 1.17 bits per heavy atom. The molecule has 1 rings (SSSR count). The summed E-state index contributed by atoms with van der Waals surface area (Å²) in [5.74, 6) is -2.94. The first-order valence-corrected chi connectivity index (χ1v) is 5.14. The molecule has 1 aromatic carbocycles. The highest BCUT2D eigenvalue weighted by Crippen LogP contribution is 2.10. The molecule has 1 aromatic rings. The Bertz CT molecular complexity index is 481. The van der Waals surface area contributed by atoms with Crippen LogP contribution in [-0.4, -0.2) is 48.6 Å². The van der Waals surface area contributed by atoms with Crippen LogP contribution in [0.25, 0.3) is 0 Å². The number of nitrogens with zero attached hydrogens (tertiary/aromatic N) is 1. The summed E-state index contributed by atoms with van der Waals surface area (Å²) in [4.78, 5) is 35.4. The summed E-state index contributed by atoms with van der Waals surface area (Å²) >= 11 is 0. The number of carbonyl (C=O) groups is 3. The van der Waals surface area contributed by atoms with E-state index >= 15 is 0 Å². The zero-order valence-electron chi connectivity index (χ0n) is 10.0.